The SMILES string of the molecule is CSCc1ccc(C(=O)NCC2CCC(C(=O)O)O2)o1. The summed E-state index contributed by atoms with van der Waals surface area (Å²) in [4.78, 5) is 22.6. The average molecular weight is 299 g/mol. The molecular formula is C13H17NO5S. The van der Waals surface area contributed by atoms with Crippen molar-refractivity contribution < 1.29 is 23.8 Å². The molecule has 2 atom stereocenters. The predicted molar refractivity (Wildman–Crippen MR) is 73.8 cm³/mol. The Morgan fingerprint density at radius 2 is 2.25 bits per heavy atom. The van der Waals surface area contributed by atoms with Crippen LogP contribution >= 0.6 is 11.8 Å². The van der Waals surface area contributed by atoms with E-state index >= 15 is 0 Å². The number of hydrogen-bond donors (Lipinski definition) is 2. The molecule has 20 heavy (non-hydrogen) atoms. The molecule has 1 saturated heterocycles. The highest BCUT2D eigenvalue weighted by Crippen LogP contribution is 2.19. The van der Waals surface area contributed by atoms with Crippen molar-refractivity contribution in [3.63, 3.8) is 0 Å². The van der Waals surface area contributed by atoms with Crippen LogP contribution in [0.25, 0.3) is 0 Å². The minimum absolute atomic E-state index is 0.249. The van der Waals surface area contributed by atoms with E-state index < -0.39 is 12.1 Å². The first-order valence-corrected chi connectivity index (χ1v) is 7.73. The maximum Gasteiger partial charge on any atom is 0.332 e. The van der Waals surface area contributed by atoms with Gasteiger partial charge in [-0.25, -0.2) is 4.79 Å². The molecule has 110 valence electrons. The number of aliphatic carboxylic acids is 1. The van der Waals surface area contributed by atoms with E-state index in [9.17, 15) is 9.59 Å². The summed E-state index contributed by atoms with van der Waals surface area (Å²) >= 11 is 1.62. The van der Waals surface area contributed by atoms with E-state index in [1.807, 2.05) is 6.26 Å². The van der Waals surface area contributed by atoms with Gasteiger partial charge in [-0.15, -0.1) is 0 Å². The molecule has 7 heteroatoms. The standard InChI is InChI=1S/C13H17NO5S/c1-20-7-9-3-4-10(19-9)12(15)14-6-8-2-5-11(18-8)13(16)17/h3-4,8,11H,2,5-7H2,1H3,(H,14,15)(H,16,17). The average Bonchev–Trinajstić information content (AvgIpc) is 3.05. The molecule has 6 nitrogen and oxygen atoms in total. The van der Waals surface area contributed by atoms with Gasteiger partial charge in [0.05, 0.1) is 11.9 Å². The number of nitrogens with one attached hydrogen (secondary N) is 1. The van der Waals surface area contributed by atoms with Crippen LogP contribution in [0.15, 0.2) is 16.5 Å². The first kappa shape index (κ1) is 14.9. The molecule has 2 heterocycles. The van der Waals surface area contributed by atoms with Crippen molar-refractivity contribution in [3.8, 4) is 0 Å². The van der Waals surface area contributed by atoms with Crippen molar-refractivity contribution in [1.82, 2.24) is 5.32 Å². The Morgan fingerprint density at radius 1 is 1.45 bits per heavy atom. The van der Waals surface area contributed by atoms with Gasteiger partial charge in [0.1, 0.15) is 5.76 Å². The van der Waals surface area contributed by atoms with E-state index in [1.54, 1.807) is 23.9 Å². The molecular weight excluding hydrogens is 282 g/mol. The predicted octanol–water partition coefficient (Wildman–Crippen LogP) is 1.50. The first-order valence-electron chi connectivity index (χ1n) is 6.34. The van der Waals surface area contributed by atoms with Gasteiger partial charge < -0.3 is 19.6 Å². The molecule has 0 saturated carbocycles. The maximum absolute atomic E-state index is 11.9. The Morgan fingerprint density at radius 3 is 2.90 bits per heavy atom. The van der Waals surface area contributed by atoms with Crippen molar-refractivity contribution in [2.45, 2.75) is 30.8 Å². The summed E-state index contributed by atoms with van der Waals surface area (Å²) in [6.45, 7) is 0.293. The Hall–Kier alpha value is -1.47. The Kier molecular flexibility index (Phi) is 5.08. The quantitative estimate of drug-likeness (QED) is 0.827. The second-order valence-corrected chi connectivity index (χ2v) is 5.44. The zero-order valence-electron chi connectivity index (χ0n) is 11.1. The Balaban J connectivity index is 1.79. The summed E-state index contributed by atoms with van der Waals surface area (Å²) in [6.07, 6.45) is 2.06. The summed E-state index contributed by atoms with van der Waals surface area (Å²) in [5.74, 6) is 0.484. The molecule has 2 unspecified atom stereocenters. The van der Waals surface area contributed by atoms with Crippen LogP contribution in [0.1, 0.15) is 29.2 Å². The van der Waals surface area contributed by atoms with Crippen molar-refractivity contribution in [2.24, 2.45) is 0 Å². The van der Waals surface area contributed by atoms with Gasteiger partial charge in [0.2, 0.25) is 0 Å². The molecule has 2 rings (SSSR count). The van der Waals surface area contributed by atoms with Gasteiger partial charge in [-0.05, 0) is 31.2 Å². The third-order valence-corrected chi connectivity index (χ3v) is 3.62. The lowest BCUT2D eigenvalue weighted by Gasteiger charge is -2.11. The first-order chi connectivity index (χ1) is 9.60. The van der Waals surface area contributed by atoms with Crippen LogP contribution in [-0.2, 0) is 15.3 Å². The van der Waals surface area contributed by atoms with Gasteiger partial charge in [0.25, 0.3) is 5.91 Å². The number of thioether (sulfide) groups is 1. The largest absolute Gasteiger partial charge is 0.479 e. The second kappa shape index (κ2) is 6.81. The topological polar surface area (TPSA) is 88.8 Å². The summed E-state index contributed by atoms with van der Waals surface area (Å²) < 4.78 is 10.7. The van der Waals surface area contributed by atoms with Crippen LogP contribution in [0, 0.1) is 0 Å². The highest BCUT2D eigenvalue weighted by molar-refractivity contribution is 7.97. The van der Waals surface area contributed by atoms with Gasteiger partial charge in [0.15, 0.2) is 11.9 Å². The monoisotopic (exact) mass is 299 g/mol. The third-order valence-electron chi connectivity index (χ3n) is 3.05. The molecule has 0 bridgehead atoms. The lowest BCUT2D eigenvalue weighted by Crippen LogP contribution is -2.32. The van der Waals surface area contributed by atoms with Crippen LogP contribution in [0.3, 0.4) is 0 Å². The molecule has 2 N–H and O–H groups in total. The second-order valence-electron chi connectivity index (χ2n) is 4.57. The lowest BCUT2D eigenvalue weighted by atomic mass is 10.2. The van der Waals surface area contributed by atoms with Crippen molar-refractivity contribution >= 4 is 23.6 Å². The number of furan rings is 1. The van der Waals surface area contributed by atoms with E-state index in [4.69, 9.17) is 14.3 Å². The zero-order valence-corrected chi connectivity index (χ0v) is 11.9. The number of carbonyl (C=O) groups is 2. The van der Waals surface area contributed by atoms with E-state index in [-0.39, 0.29) is 17.8 Å². The number of carboxylic acids is 1. The minimum Gasteiger partial charge on any atom is -0.479 e. The van der Waals surface area contributed by atoms with Gasteiger partial charge >= 0.3 is 5.97 Å². The van der Waals surface area contributed by atoms with Gasteiger partial charge in [-0.2, -0.15) is 11.8 Å². The zero-order chi connectivity index (χ0) is 14.5. The van der Waals surface area contributed by atoms with E-state index in [0.29, 0.717) is 19.4 Å². The van der Waals surface area contributed by atoms with Crippen LogP contribution in [0.5, 0.6) is 0 Å². The smallest absolute Gasteiger partial charge is 0.332 e. The van der Waals surface area contributed by atoms with Gasteiger partial charge in [-0.3, -0.25) is 4.79 Å². The molecule has 0 spiro atoms. The summed E-state index contributed by atoms with van der Waals surface area (Å²) in [5.41, 5.74) is 0. The summed E-state index contributed by atoms with van der Waals surface area (Å²) in [5, 5.41) is 11.5. The van der Waals surface area contributed by atoms with Gasteiger partial charge in [-0.1, -0.05) is 0 Å². The van der Waals surface area contributed by atoms with Crippen molar-refractivity contribution in [3.05, 3.63) is 23.7 Å². The minimum atomic E-state index is -0.952. The van der Waals surface area contributed by atoms with E-state index in [0.717, 1.165) is 11.5 Å². The number of hydrogen-bond acceptors (Lipinski definition) is 5. The lowest BCUT2D eigenvalue weighted by molar-refractivity contribution is -0.149. The molecule has 0 radical (unpaired) electrons. The maximum atomic E-state index is 11.9. The fraction of sp³-hybridized carbons (Fsp3) is 0.538. The molecule has 1 amide bonds. The Labute approximate surface area is 120 Å². The molecule has 1 aromatic rings. The van der Waals surface area contributed by atoms with E-state index in [2.05, 4.69) is 5.32 Å². The summed E-state index contributed by atoms with van der Waals surface area (Å²) in [7, 11) is 0. The molecule has 1 aromatic heterocycles. The number of amides is 1. The van der Waals surface area contributed by atoms with Crippen LogP contribution < -0.4 is 5.32 Å². The fourth-order valence-corrected chi connectivity index (χ4v) is 2.49. The van der Waals surface area contributed by atoms with Crippen LogP contribution in [-0.4, -0.2) is 42.0 Å². The van der Waals surface area contributed by atoms with Crippen molar-refractivity contribution in [1.29, 1.82) is 0 Å². The number of rotatable bonds is 6. The van der Waals surface area contributed by atoms with Crippen LogP contribution in [0.2, 0.25) is 0 Å². The molecule has 1 aliphatic rings. The number of carboxylic acid groups (broad SMARTS) is 1. The molecule has 0 aromatic carbocycles. The number of carbonyl (C=O) groups excluding carboxylic acids is 1. The molecule has 1 aliphatic heterocycles. The highest BCUT2D eigenvalue weighted by atomic mass is 32.2. The molecule has 0 aliphatic carbocycles. The fourth-order valence-electron chi connectivity index (χ4n) is 2.05. The van der Waals surface area contributed by atoms with Gasteiger partial charge in [0, 0.05) is 6.54 Å². The van der Waals surface area contributed by atoms with Crippen LogP contribution in [0.4, 0.5) is 0 Å². The molecule has 1 fully saturated rings. The highest BCUT2D eigenvalue weighted by Gasteiger charge is 2.30. The third kappa shape index (κ3) is 3.77. The Bertz CT molecular complexity index is 487. The van der Waals surface area contributed by atoms with Crippen molar-refractivity contribution in [2.75, 3.05) is 12.8 Å². The normalized spacial score (nSPS) is 21.9. The number of ether oxygens (including phenoxy) is 1. The van der Waals surface area contributed by atoms with E-state index in [1.165, 1.54) is 0 Å². The summed E-state index contributed by atoms with van der Waals surface area (Å²) in [6, 6.07) is 3.41.